The number of fused-ring (bicyclic) bond motifs is 2. The molecule has 7 heteroatoms. The summed E-state index contributed by atoms with van der Waals surface area (Å²) in [5.41, 5.74) is 7.66. The van der Waals surface area contributed by atoms with E-state index >= 15 is 0 Å². The molecule has 0 amide bonds. The third-order valence-electron chi connectivity index (χ3n) is 4.29. The summed E-state index contributed by atoms with van der Waals surface area (Å²) < 4.78 is 11.9. The number of hydrogen-bond donors (Lipinski definition) is 1. The van der Waals surface area contributed by atoms with Crippen molar-refractivity contribution in [1.29, 1.82) is 0 Å². The van der Waals surface area contributed by atoms with Gasteiger partial charge in [-0.2, -0.15) is 4.68 Å². The Morgan fingerprint density at radius 2 is 1.85 bits per heavy atom. The van der Waals surface area contributed by atoms with Crippen LogP contribution >= 0.6 is 0 Å². The highest BCUT2D eigenvalue weighted by Gasteiger charge is 2.18. The highest BCUT2D eigenvalue weighted by Crippen LogP contribution is 2.27. The van der Waals surface area contributed by atoms with Crippen LogP contribution in [0.25, 0.3) is 21.9 Å². The number of benzene rings is 2. The number of carbonyl (C=O) groups excluding carboxylic acids is 1. The van der Waals surface area contributed by atoms with Gasteiger partial charge in [-0.05, 0) is 55.5 Å². The molecule has 27 heavy (non-hydrogen) atoms. The smallest absolute Gasteiger partial charge is 0.280 e. The van der Waals surface area contributed by atoms with E-state index in [1.54, 1.807) is 31.4 Å². The van der Waals surface area contributed by atoms with E-state index in [4.69, 9.17) is 15.2 Å². The highest BCUT2D eigenvalue weighted by atomic mass is 16.5. The number of rotatable bonds is 4. The van der Waals surface area contributed by atoms with Crippen LogP contribution in [-0.2, 0) is 0 Å². The molecular weight excluding hydrogens is 344 g/mol. The van der Waals surface area contributed by atoms with Gasteiger partial charge in [0.05, 0.1) is 24.6 Å². The van der Waals surface area contributed by atoms with E-state index in [1.807, 2.05) is 31.2 Å². The Kier molecular flexibility index (Phi) is 4.12. The molecule has 136 valence electrons. The zero-order valence-corrected chi connectivity index (χ0v) is 15.0. The molecule has 0 bridgehead atoms. The predicted molar refractivity (Wildman–Crippen MR) is 103 cm³/mol. The fourth-order valence-electron chi connectivity index (χ4n) is 2.95. The van der Waals surface area contributed by atoms with Crippen LogP contribution in [-0.4, -0.2) is 34.4 Å². The number of pyridine rings is 1. The van der Waals surface area contributed by atoms with Gasteiger partial charge >= 0.3 is 0 Å². The molecule has 2 heterocycles. The standard InChI is InChI=1S/C20H18N4O3/c1-3-27-14-6-4-12(5-7-14)20(25)24-19-16(18(21)23-24)11-13-10-15(26-2)8-9-17(13)22-19/h4-11H,3H2,1-2H3,(H2,21,23). The summed E-state index contributed by atoms with van der Waals surface area (Å²) in [7, 11) is 1.61. The first-order valence-electron chi connectivity index (χ1n) is 8.51. The number of nitrogen functional groups attached to an aromatic ring is 1. The molecule has 4 aromatic rings. The molecule has 0 radical (unpaired) electrons. The van der Waals surface area contributed by atoms with Gasteiger partial charge in [0.1, 0.15) is 11.5 Å². The summed E-state index contributed by atoms with van der Waals surface area (Å²) in [6.45, 7) is 2.47. The van der Waals surface area contributed by atoms with Crippen LogP contribution in [0.1, 0.15) is 17.3 Å². The fourth-order valence-corrected chi connectivity index (χ4v) is 2.95. The molecule has 7 nitrogen and oxygen atoms in total. The van der Waals surface area contributed by atoms with Crippen molar-refractivity contribution < 1.29 is 14.3 Å². The van der Waals surface area contributed by atoms with Crippen LogP contribution in [0, 0.1) is 0 Å². The molecular formula is C20H18N4O3. The number of anilines is 1. The monoisotopic (exact) mass is 362 g/mol. The number of nitrogens with two attached hydrogens (primary N) is 1. The normalized spacial score (nSPS) is 11.0. The van der Waals surface area contributed by atoms with Crippen LogP contribution in [0.3, 0.4) is 0 Å². The summed E-state index contributed by atoms with van der Waals surface area (Å²) in [6.07, 6.45) is 0. The maximum absolute atomic E-state index is 12.9. The molecule has 4 rings (SSSR count). The molecule has 2 aromatic heterocycles. The molecule has 0 saturated heterocycles. The van der Waals surface area contributed by atoms with Crippen molar-refractivity contribution in [2.24, 2.45) is 0 Å². The van der Waals surface area contributed by atoms with E-state index < -0.39 is 0 Å². The predicted octanol–water partition coefficient (Wildman–Crippen LogP) is 3.26. The van der Waals surface area contributed by atoms with Gasteiger partial charge in [0, 0.05) is 10.9 Å². The Bertz CT molecular complexity index is 1150. The lowest BCUT2D eigenvalue weighted by Gasteiger charge is -2.06. The molecule has 2 aromatic carbocycles. The second-order valence-corrected chi connectivity index (χ2v) is 5.98. The number of hydrogen-bond acceptors (Lipinski definition) is 6. The molecule has 0 atom stereocenters. The quantitative estimate of drug-likeness (QED) is 0.599. The van der Waals surface area contributed by atoms with Crippen LogP contribution < -0.4 is 15.2 Å². The summed E-state index contributed by atoms with van der Waals surface area (Å²) in [6, 6.07) is 14.3. The van der Waals surface area contributed by atoms with Crippen molar-refractivity contribution in [3.8, 4) is 11.5 Å². The molecule has 0 aliphatic rings. The molecule has 0 saturated carbocycles. The summed E-state index contributed by atoms with van der Waals surface area (Å²) in [5.74, 6) is 1.37. The van der Waals surface area contributed by atoms with Gasteiger partial charge in [-0.3, -0.25) is 4.79 Å². The van der Waals surface area contributed by atoms with Gasteiger partial charge < -0.3 is 15.2 Å². The molecule has 0 unspecified atom stereocenters. The Morgan fingerprint density at radius 1 is 1.11 bits per heavy atom. The topological polar surface area (TPSA) is 92.3 Å². The third-order valence-corrected chi connectivity index (χ3v) is 4.29. The minimum absolute atomic E-state index is 0.251. The van der Waals surface area contributed by atoms with E-state index in [0.717, 1.165) is 16.7 Å². The third kappa shape index (κ3) is 2.93. The van der Waals surface area contributed by atoms with Gasteiger partial charge in [-0.1, -0.05) is 0 Å². The molecule has 2 N–H and O–H groups in total. The number of aromatic nitrogens is 3. The molecule has 0 spiro atoms. The minimum Gasteiger partial charge on any atom is -0.497 e. The number of nitrogens with zero attached hydrogens (tertiary/aromatic N) is 3. The summed E-state index contributed by atoms with van der Waals surface area (Å²) in [5, 5.41) is 5.69. The Balaban J connectivity index is 1.81. The molecule has 0 aliphatic carbocycles. The number of ether oxygens (including phenoxy) is 2. The van der Waals surface area contributed by atoms with Crippen LogP contribution in [0.15, 0.2) is 48.5 Å². The molecule has 0 aliphatic heterocycles. The second-order valence-electron chi connectivity index (χ2n) is 5.98. The maximum atomic E-state index is 12.9. The zero-order chi connectivity index (χ0) is 19.0. The first kappa shape index (κ1) is 16.8. The van der Waals surface area contributed by atoms with Gasteiger partial charge in [0.2, 0.25) is 0 Å². The average molecular weight is 362 g/mol. The largest absolute Gasteiger partial charge is 0.497 e. The Labute approximate surface area is 155 Å². The van der Waals surface area contributed by atoms with E-state index in [1.165, 1.54) is 4.68 Å². The van der Waals surface area contributed by atoms with Crippen molar-refractivity contribution in [1.82, 2.24) is 14.8 Å². The van der Waals surface area contributed by atoms with Crippen LogP contribution in [0.2, 0.25) is 0 Å². The number of methoxy groups -OCH3 is 1. The van der Waals surface area contributed by atoms with Gasteiger partial charge in [-0.25, -0.2) is 4.98 Å². The van der Waals surface area contributed by atoms with Crippen LogP contribution in [0.4, 0.5) is 5.82 Å². The van der Waals surface area contributed by atoms with Crippen LogP contribution in [0.5, 0.6) is 11.5 Å². The average Bonchev–Trinajstić information content (AvgIpc) is 3.02. The van der Waals surface area contributed by atoms with Crippen molar-refractivity contribution >= 4 is 33.7 Å². The maximum Gasteiger partial charge on any atom is 0.280 e. The molecule has 0 fully saturated rings. The van der Waals surface area contributed by atoms with Crippen molar-refractivity contribution in [2.75, 3.05) is 19.5 Å². The van der Waals surface area contributed by atoms with Crippen molar-refractivity contribution in [3.05, 3.63) is 54.1 Å². The number of carbonyl (C=O) groups is 1. The van der Waals surface area contributed by atoms with Gasteiger partial charge in [0.25, 0.3) is 5.91 Å². The lowest BCUT2D eigenvalue weighted by Crippen LogP contribution is -2.14. The summed E-state index contributed by atoms with van der Waals surface area (Å²) >= 11 is 0. The van der Waals surface area contributed by atoms with Crippen molar-refractivity contribution in [3.63, 3.8) is 0 Å². The fraction of sp³-hybridized carbons (Fsp3) is 0.150. The SMILES string of the molecule is CCOc1ccc(C(=O)n2nc(N)c3cc4cc(OC)ccc4nc32)cc1. The second kappa shape index (κ2) is 6.60. The van der Waals surface area contributed by atoms with Gasteiger partial charge in [-0.15, -0.1) is 5.10 Å². The van der Waals surface area contributed by atoms with E-state index in [0.29, 0.717) is 29.0 Å². The summed E-state index contributed by atoms with van der Waals surface area (Å²) in [4.78, 5) is 17.5. The lowest BCUT2D eigenvalue weighted by atomic mass is 10.1. The van der Waals surface area contributed by atoms with E-state index in [2.05, 4.69) is 10.1 Å². The van der Waals surface area contributed by atoms with Crippen molar-refractivity contribution in [2.45, 2.75) is 6.92 Å². The minimum atomic E-state index is -0.305. The Hall–Kier alpha value is -3.61. The van der Waals surface area contributed by atoms with E-state index in [9.17, 15) is 4.79 Å². The van der Waals surface area contributed by atoms with E-state index in [-0.39, 0.29) is 11.7 Å². The first-order valence-corrected chi connectivity index (χ1v) is 8.51. The van der Waals surface area contributed by atoms with Gasteiger partial charge in [0.15, 0.2) is 11.5 Å². The first-order chi connectivity index (χ1) is 13.1. The Morgan fingerprint density at radius 3 is 2.56 bits per heavy atom. The zero-order valence-electron chi connectivity index (χ0n) is 15.0. The highest BCUT2D eigenvalue weighted by molar-refractivity contribution is 6.05. The lowest BCUT2D eigenvalue weighted by molar-refractivity contribution is 0.0950.